The normalized spacial score (nSPS) is 21.5. The van der Waals surface area contributed by atoms with Crippen molar-refractivity contribution in [3.05, 3.63) is 96.6 Å². The minimum Gasteiger partial charge on any atom is -0.402 e. The first-order valence-corrected chi connectivity index (χ1v) is 13.2. The highest BCUT2D eigenvalue weighted by Crippen LogP contribution is 2.45. The molecule has 0 spiro atoms. The van der Waals surface area contributed by atoms with Crippen LogP contribution < -0.4 is 10.4 Å². The van der Waals surface area contributed by atoms with Crippen LogP contribution in [0.4, 0.5) is 0 Å². The monoisotopic (exact) mass is 430 g/mol. The Hall–Kier alpha value is -2.20. The van der Waals surface area contributed by atoms with Gasteiger partial charge in [0.25, 0.3) is 8.32 Å². The maximum Gasteiger partial charge on any atom is 0.261 e. The molecule has 0 N–H and O–H groups in total. The fourth-order valence-electron chi connectivity index (χ4n) is 4.91. The average Bonchev–Trinajstić information content (AvgIpc) is 2.75. The van der Waals surface area contributed by atoms with Gasteiger partial charge in [0.15, 0.2) is 0 Å². The third kappa shape index (κ3) is 4.54. The van der Waals surface area contributed by atoms with Gasteiger partial charge in [0.05, 0.1) is 18.3 Å². The van der Waals surface area contributed by atoms with Gasteiger partial charge in [0, 0.05) is 12.8 Å². The summed E-state index contributed by atoms with van der Waals surface area (Å²) in [6.07, 6.45) is 2.12. The van der Waals surface area contributed by atoms with Crippen LogP contribution in [0.25, 0.3) is 0 Å². The SMILES string of the molecule is CC1(O[Si](c2ccccc2)(c2ccccc2)C(C)(C)C)CC(OCc2ccccc2)C1. The van der Waals surface area contributed by atoms with E-state index in [1.165, 1.54) is 15.9 Å². The molecule has 1 saturated carbocycles. The molecule has 0 radical (unpaired) electrons. The van der Waals surface area contributed by atoms with Crippen molar-refractivity contribution < 1.29 is 9.16 Å². The largest absolute Gasteiger partial charge is 0.402 e. The maximum absolute atomic E-state index is 7.34. The highest BCUT2D eigenvalue weighted by molar-refractivity contribution is 6.99. The summed E-state index contributed by atoms with van der Waals surface area (Å²) in [6.45, 7) is 9.95. The van der Waals surface area contributed by atoms with Gasteiger partial charge in [-0.25, -0.2) is 0 Å². The zero-order valence-corrected chi connectivity index (χ0v) is 20.2. The molecule has 4 rings (SSSR count). The Bertz CT molecular complexity index is 919. The van der Waals surface area contributed by atoms with Gasteiger partial charge in [0.1, 0.15) is 0 Å². The molecule has 1 aliphatic rings. The molecule has 0 aliphatic heterocycles. The first-order valence-electron chi connectivity index (χ1n) is 11.3. The Balaban J connectivity index is 1.59. The van der Waals surface area contributed by atoms with Crippen LogP contribution in [0, 0.1) is 0 Å². The van der Waals surface area contributed by atoms with E-state index < -0.39 is 8.32 Å². The first kappa shape index (κ1) is 22.0. The smallest absolute Gasteiger partial charge is 0.261 e. The summed E-state index contributed by atoms with van der Waals surface area (Å²) in [6, 6.07) is 32.2. The number of ether oxygens (including phenoxy) is 1. The molecule has 1 fully saturated rings. The summed E-state index contributed by atoms with van der Waals surface area (Å²) in [5.41, 5.74) is 1.05. The van der Waals surface area contributed by atoms with E-state index in [9.17, 15) is 0 Å². The molecule has 0 bridgehead atoms. The maximum atomic E-state index is 7.34. The summed E-state index contributed by atoms with van der Waals surface area (Å²) in [5.74, 6) is 0. The van der Waals surface area contributed by atoms with E-state index in [0.717, 1.165) is 12.8 Å². The van der Waals surface area contributed by atoms with Crippen molar-refractivity contribution in [1.82, 2.24) is 0 Å². The van der Waals surface area contributed by atoms with Crippen LogP contribution in [0.1, 0.15) is 46.1 Å². The second-order valence-electron chi connectivity index (χ2n) is 10.0. The molecule has 2 nitrogen and oxygen atoms in total. The van der Waals surface area contributed by atoms with Crippen LogP contribution in [-0.2, 0) is 15.8 Å². The van der Waals surface area contributed by atoms with Crippen molar-refractivity contribution in [3.63, 3.8) is 0 Å². The van der Waals surface area contributed by atoms with Crippen LogP contribution in [0.2, 0.25) is 5.04 Å². The molecule has 0 unspecified atom stereocenters. The highest BCUT2D eigenvalue weighted by Gasteiger charge is 2.56. The topological polar surface area (TPSA) is 18.5 Å². The van der Waals surface area contributed by atoms with Gasteiger partial charge in [-0.1, -0.05) is 112 Å². The Morgan fingerprint density at radius 1 is 0.774 bits per heavy atom. The van der Waals surface area contributed by atoms with Crippen molar-refractivity contribution in [2.24, 2.45) is 0 Å². The third-order valence-electron chi connectivity index (χ3n) is 6.46. The Kier molecular flexibility index (Phi) is 6.20. The lowest BCUT2D eigenvalue weighted by molar-refractivity contribution is -0.124. The highest BCUT2D eigenvalue weighted by atomic mass is 28.4. The summed E-state index contributed by atoms with van der Waals surface area (Å²) in [5, 5.41) is 2.67. The van der Waals surface area contributed by atoms with Crippen molar-refractivity contribution >= 4 is 18.7 Å². The summed E-state index contributed by atoms with van der Waals surface area (Å²) in [4.78, 5) is 0. The summed E-state index contributed by atoms with van der Waals surface area (Å²) < 4.78 is 13.5. The fraction of sp³-hybridized carbons (Fsp3) is 0.357. The zero-order valence-electron chi connectivity index (χ0n) is 19.2. The van der Waals surface area contributed by atoms with Crippen molar-refractivity contribution in [3.8, 4) is 0 Å². The molecule has 1 aliphatic carbocycles. The van der Waals surface area contributed by atoms with Gasteiger partial charge in [-0.3, -0.25) is 0 Å². The number of hydrogen-bond donors (Lipinski definition) is 0. The molecular weight excluding hydrogens is 396 g/mol. The zero-order chi connectivity index (χ0) is 22.0. The average molecular weight is 431 g/mol. The van der Waals surface area contributed by atoms with Gasteiger partial charge in [-0.05, 0) is 27.9 Å². The van der Waals surface area contributed by atoms with Crippen LogP contribution in [0.3, 0.4) is 0 Å². The lowest BCUT2D eigenvalue weighted by Gasteiger charge is -2.54. The lowest BCUT2D eigenvalue weighted by atomic mass is 9.79. The molecule has 0 atom stereocenters. The first-order chi connectivity index (χ1) is 14.8. The van der Waals surface area contributed by atoms with Crippen LogP contribution >= 0.6 is 0 Å². The van der Waals surface area contributed by atoms with Gasteiger partial charge >= 0.3 is 0 Å². The summed E-state index contributed by atoms with van der Waals surface area (Å²) in [7, 11) is -2.53. The van der Waals surface area contributed by atoms with Crippen LogP contribution in [0.5, 0.6) is 0 Å². The van der Waals surface area contributed by atoms with Gasteiger partial charge in [-0.2, -0.15) is 0 Å². The molecule has 3 aromatic carbocycles. The van der Waals surface area contributed by atoms with E-state index >= 15 is 0 Å². The van der Waals surface area contributed by atoms with Crippen molar-refractivity contribution in [2.75, 3.05) is 0 Å². The predicted octanol–water partition coefficient (Wildman–Crippen LogP) is 5.70. The van der Waals surface area contributed by atoms with E-state index in [2.05, 4.69) is 113 Å². The van der Waals surface area contributed by atoms with E-state index in [1.54, 1.807) is 0 Å². The molecule has 0 aromatic heterocycles. The van der Waals surface area contributed by atoms with E-state index in [1.807, 2.05) is 6.07 Å². The standard InChI is InChI=1S/C28H34O2Si/c1-27(2,3)31(25-16-10-6-11-17-25,26-18-12-7-13-19-26)30-28(4)20-24(21-28)29-22-23-14-8-5-9-15-23/h5-19,24H,20-22H2,1-4H3. The molecular formula is C28H34O2Si. The Morgan fingerprint density at radius 2 is 1.23 bits per heavy atom. The molecule has 31 heavy (non-hydrogen) atoms. The van der Waals surface area contributed by atoms with Gasteiger partial charge in [0.2, 0.25) is 0 Å². The summed E-state index contributed by atoms with van der Waals surface area (Å²) >= 11 is 0. The van der Waals surface area contributed by atoms with E-state index in [0.29, 0.717) is 6.61 Å². The number of benzene rings is 3. The third-order valence-corrected chi connectivity index (χ3v) is 11.7. The van der Waals surface area contributed by atoms with Gasteiger partial charge < -0.3 is 9.16 Å². The minimum atomic E-state index is -2.53. The number of rotatable bonds is 7. The second kappa shape index (κ2) is 8.74. The van der Waals surface area contributed by atoms with Crippen LogP contribution in [-0.4, -0.2) is 20.0 Å². The predicted molar refractivity (Wildman–Crippen MR) is 131 cm³/mol. The Morgan fingerprint density at radius 3 is 1.68 bits per heavy atom. The van der Waals surface area contributed by atoms with E-state index in [-0.39, 0.29) is 16.7 Å². The molecule has 0 heterocycles. The molecule has 0 amide bonds. The molecule has 162 valence electrons. The van der Waals surface area contributed by atoms with Gasteiger partial charge in [-0.15, -0.1) is 0 Å². The number of hydrogen-bond acceptors (Lipinski definition) is 2. The van der Waals surface area contributed by atoms with Crippen molar-refractivity contribution in [2.45, 2.75) is 63.9 Å². The second-order valence-corrected chi connectivity index (χ2v) is 14.3. The Labute approximate surface area is 188 Å². The molecule has 0 saturated heterocycles. The quantitative estimate of drug-likeness (QED) is 0.448. The van der Waals surface area contributed by atoms with Crippen LogP contribution in [0.15, 0.2) is 91.0 Å². The molecule has 3 aromatic rings. The minimum absolute atomic E-state index is 0.00526. The fourth-order valence-corrected chi connectivity index (χ4v) is 9.75. The van der Waals surface area contributed by atoms with E-state index in [4.69, 9.17) is 9.16 Å². The lowest BCUT2D eigenvalue weighted by Crippen LogP contribution is -2.71. The van der Waals surface area contributed by atoms with Crippen molar-refractivity contribution in [1.29, 1.82) is 0 Å². The molecule has 3 heteroatoms.